The molecule has 1 aromatic heterocycles. The maximum Gasteiger partial charge on any atom is 0.273 e. The second-order valence-electron chi connectivity index (χ2n) is 6.12. The zero-order valence-corrected chi connectivity index (χ0v) is 14.1. The molecule has 122 valence electrons. The van der Waals surface area contributed by atoms with Crippen molar-refractivity contribution in [2.45, 2.75) is 51.2 Å². The molecule has 0 saturated carbocycles. The summed E-state index contributed by atoms with van der Waals surface area (Å²) in [4.78, 5) is 20.5. The Hall–Kier alpha value is -1.14. The molecule has 0 radical (unpaired) electrons. The molecule has 2 aliphatic heterocycles. The van der Waals surface area contributed by atoms with Gasteiger partial charge in [0, 0.05) is 50.2 Å². The van der Waals surface area contributed by atoms with E-state index in [-0.39, 0.29) is 0 Å². The summed E-state index contributed by atoms with van der Waals surface area (Å²) in [7, 11) is 0. The van der Waals surface area contributed by atoms with Crippen LogP contribution in [0, 0.1) is 0 Å². The molecule has 1 aromatic rings. The van der Waals surface area contributed by atoms with Crippen LogP contribution >= 0.6 is 11.3 Å². The van der Waals surface area contributed by atoms with Crippen molar-refractivity contribution in [1.29, 1.82) is 0 Å². The summed E-state index contributed by atoms with van der Waals surface area (Å²) in [5, 5.41) is 2.75. The van der Waals surface area contributed by atoms with Crippen molar-refractivity contribution in [2.75, 3.05) is 26.2 Å². The standard InChI is InChI=1S/C16H25N3O2S/c1-2-15(20)19-8-3-13(4-9-19)18-10-5-14(6-11-18)21-16-17-7-12-22-16/h7,12-14H,2-6,8-11H2,1H3. The Labute approximate surface area is 136 Å². The van der Waals surface area contributed by atoms with Gasteiger partial charge in [-0.3, -0.25) is 9.69 Å². The van der Waals surface area contributed by atoms with E-state index in [9.17, 15) is 4.79 Å². The van der Waals surface area contributed by atoms with Gasteiger partial charge >= 0.3 is 0 Å². The van der Waals surface area contributed by atoms with Gasteiger partial charge in [-0.25, -0.2) is 4.98 Å². The van der Waals surface area contributed by atoms with Crippen molar-refractivity contribution in [3.8, 4) is 5.19 Å². The molecule has 2 saturated heterocycles. The van der Waals surface area contributed by atoms with Crippen molar-refractivity contribution < 1.29 is 9.53 Å². The second-order valence-corrected chi connectivity index (χ2v) is 6.97. The lowest BCUT2D eigenvalue weighted by molar-refractivity contribution is -0.132. The zero-order valence-electron chi connectivity index (χ0n) is 13.2. The molecule has 0 N–H and O–H groups in total. The monoisotopic (exact) mass is 323 g/mol. The van der Waals surface area contributed by atoms with E-state index < -0.39 is 0 Å². The lowest BCUT2D eigenvalue weighted by Gasteiger charge is -2.41. The van der Waals surface area contributed by atoms with Gasteiger partial charge in [-0.15, -0.1) is 0 Å². The molecule has 3 rings (SSSR count). The van der Waals surface area contributed by atoms with Crippen LogP contribution in [0.25, 0.3) is 0 Å². The van der Waals surface area contributed by atoms with Crippen molar-refractivity contribution in [3.63, 3.8) is 0 Å². The first kappa shape index (κ1) is 15.7. The van der Waals surface area contributed by atoms with Crippen LogP contribution in [0.1, 0.15) is 39.0 Å². The fraction of sp³-hybridized carbons (Fsp3) is 0.750. The molecular weight excluding hydrogens is 298 g/mol. The van der Waals surface area contributed by atoms with Gasteiger partial charge in [-0.2, -0.15) is 0 Å². The van der Waals surface area contributed by atoms with Crippen molar-refractivity contribution in [3.05, 3.63) is 11.6 Å². The van der Waals surface area contributed by atoms with Crippen molar-refractivity contribution in [1.82, 2.24) is 14.8 Å². The summed E-state index contributed by atoms with van der Waals surface area (Å²) < 4.78 is 5.92. The van der Waals surface area contributed by atoms with Crippen LogP contribution in [0.4, 0.5) is 0 Å². The van der Waals surface area contributed by atoms with Gasteiger partial charge in [0.25, 0.3) is 5.19 Å². The number of ether oxygens (including phenoxy) is 1. The largest absolute Gasteiger partial charge is 0.467 e. The number of amides is 1. The highest BCUT2D eigenvalue weighted by Gasteiger charge is 2.29. The molecule has 0 bridgehead atoms. The van der Waals surface area contributed by atoms with Gasteiger partial charge in [0.1, 0.15) is 6.10 Å². The van der Waals surface area contributed by atoms with Crippen LogP contribution in [0.3, 0.4) is 0 Å². The molecule has 6 heteroatoms. The van der Waals surface area contributed by atoms with E-state index in [1.54, 1.807) is 17.5 Å². The third-order valence-electron chi connectivity index (χ3n) is 4.79. The van der Waals surface area contributed by atoms with Gasteiger partial charge in [0.05, 0.1) is 0 Å². The third kappa shape index (κ3) is 3.79. The van der Waals surface area contributed by atoms with Crippen molar-refractivity contribution in [2.24, 2.45) is 0 Å². The zero-order chi connectivity index (χ0) is 15.4. The maximum absolute atomic E-state index is 11.7. The van der Waals surface area contributed by atoms with Gasteiger partial charge in [0.2, 0.25) is 5.91 Å². The predicted molar refractivity (Wildman–Crippen MR) is 87.2 cm³/mol. The van der Waals surface area contributed by atoms with E-state index in [0.717, 1.165) is 57.1 Å². The van der Waals surface area contributed by atoms with E-state index in [1.807, 2.05) is 17.2 Å². The van der Waals surface area contributed by atoms with Crippen molar-refractivity contribution >= 4 is 17.2 Å². The first-order chi connectivity index (χ1) is 10.8. The minimum absolute atomic E-state index is 0.300. The summed E-state index contributed by atoms with van der Waals surface area (Å²) in [6.45, 7) is 5.99. The predicted octanol–water partition coefficient (Wildman–Crippen LogP) is 2.39. The number of hydrogen-bond donors (Lipinski definition) is 0. The van der Waals surface area contributed by atoms with Gasteiger partial charge < -0.3 is 9.64 Å². The second kappa shape index (κ2) is 7.42. The summed E-state index contributed by atoms with van der Waals surface area (Å²) >= 11 is 1.57. The molecule has 0 spiro atoms. The minimum Gasteiger partial charge on any atom is -0.467 e. The number of carbonyl (C=O) groups excluding carboxylic acids is 1. The highest BCUT2D eigenvalue weighted by molar-refractivity contribution is 7.11. The fourth-order valence-electron chi connectivity index (χ4n) is 3.47. The number of nitrogens with zero attached hydrogens (tertiary/aromatic N) is 3. The number of likely N-dealkylation sites (tertiary alicyclic amines) is 2. The maximum atomic E-state index is 11.7. The Bertz CT molecular complexity index is 464. The molecular formula is C16H25N3O2S. The van der Waals surface area contributed by atoms with Crippen LogP contribution in [0.15, 0.2) is 11.6 Å². The van der Waals surface area contributed by atoms with E-state index in [2.05, 4.69) is 9.88 Å². The molecule has 0 aliphatic carbocycles. The third-order valence-corrected chi connectivity index (χ3v) is 5.45. The Morgan fingerprint density at radius 2 is 2.00 bits per heavy atom. The van der Waals surface area contributed by atoms with Crippen LogP contribution in [0.2, 0.25) is 0 Å². The van der Waals surface area contributed by atoms with Crippen LogP contribution in [0.5, 0.6) is 5.19 Å². The molecule has 0 unspecified atom stereocenters. The smallest absolute Gasteiger partial charge is 0.273 e. The topological polar surface area (TPSA) is 45.7 Å². The molecule has 5 nitrogen and oxygen atoms in total. The average molecular weight is 323 g/mol. The summed E-state index contributed by atoms with van der Waals surface area (Å²) in [6, 6.07) is 0.640. The lowest BCUT2D eigenvalue weighted by atomic mass is 9.98. The Morgan fingerprint density at radius 3 is 2.59 bits per heavy atom. The van der Waals surface area contributed by atoms with Gasteiger partial charge in [0.15, 0.2) is 0 Å². The minimum atomic E-state index is 0.300. The summed E-state index contributed by atoms with van der Waals surface area (Å²) in [6.07, 6.45) is 7.11. The molecule has 1 amide bonds. The van der Waals surface area contributed by atoms with E-state index in [4.69, 9.17) is 4.74 Å². The molecule has 0 atom stereocenters. The number of rotatable bonds is 4. The number of thiazole rings is 1. The Morgan fingerprint density at radius 1 is 1.27 bits per heavy atom. The van der Waals surface area contributed by atoms with E-state index in [1.165, 1.54) is 0 Å². The number of hydrogen-bond acceptors (Lipinski definition) is 5. The summed E-state index contributed by atoms with van der Waals surface area (Å²) in [5.74, 6) is 0.300. The molecule has 22 heavy (non-hydrogen) atoms. The number of piperidine rings is 2. The molecule has 2 aliphatic rings. The SMILES string of the molecule is CCC(=O)N1CCC(N2CCC(Oc3nccs3)CC2)CC1. The normalized spacial score (nSPS) is 22.0. The summed E-state index contributed by atoms with van der Waals surface area (Å²) in [5.41, 5.74) is 0. The van der Waals surface area contributed by atoms with E-state index in [0.29, 0.717) is 24.5 Å². The first-order valence-electron chi connectivity index (χ1n) is 8.34. The molecule has 2 fully saturated rings. The molecule has 0 aromatic carbocycles. The first-order valence-corrected chi connectivity index (χ1v) is 9.22. The lowest BCUT2D eigenvalue weighted by Crippen LogP contribution is -2.50. The Balaban J connectivity index is 1.41. The highest BCUT2D eigenvalue weighted by atomic mass is 32.1. The fourth-order valence-corrected chi connectivity index (χ4v) is 4.03. The molecule has 3 heterocycles. The van der Waals surface area contributed by atoms with Gasteiger partial charge in [-0.1, -0.05) is 18.3 Å². The number of aromatic nitrogens is 1. The number of carbonyl (C=O) groups is 1. The van der Waals surface area contributed by atoms with Crippen LogP contribution in [-0.4, -0.2) is 59.0 Å². The average Bonchev–Trinajstić information content (AvgIpc) is 3.08. The van der Waals surface area contributed by atoms with Gasteiger partial charge in [-0.05, 0) is 25.7 Å². The highest BCUT2D eigenvalue weighted by Crippen LogP contribution is 2.24. The van der Waals surface area contributed by atoms with Crippen LogP contribution in [-0.2, 0) is 4.79 Å². The van der Waals surface area contributed by atoms with E-state index >= 15 is 0 Å². The quantitative estimate of drug-likeness (QED) is 0.853. The Kier molecular flexibility index (Phi) is 5.31. The van der Waals surface area contributed by atoms with Crippen LogP contribution < -0.4 is 4.74 Å².